The molecule has 0 amide bonds. The van der Waals surface area contributed by atoms with Crippen molar-refractivity contribution in [2.75, 3.05) is 13.1 Å². The van der Waals surface area contributed by atoms with E-state index < -0.39 is 0 Å². The van der Waals surface area contributed by atoms with Gasteiger partial charge in [-0.05, 0) is 25.5 Å². The molecule has 78 valence electrons. The van der Waals surface area contributed by atoms with Gasteiger partial charge in [-0.1, -0.05) is 39.7 Å². The van der Waals surface area contributed by atoms with Crippen molar-refractivity contribution in [1.29, 1.82) is 0 Å². The van der Waals surface area contributed by atoms with E-state index in [1.54, 1.807) is 0 Å². The molecule has 0 unspecified atom stereocenters. The highest BCUT2D eigenvalue weighted by molar-refractivity contribution is 4.81. The second kappa shape index (κ2) is 9.63. The second-order valence-electron chi connectivity index (χ2n) is 3.54. The molecule has 0 aromatic rings. The summed E-state index contributed by atoms with van der Waals surface area (Å²) in [5.41, 5.74) is 0. The smallest absolute Gasteiger partial charge is 0.0172 e. The summed E-state index contributed by atoms with van der Waals surface area (Å²) < 4.78 is 0. The van der Waals surface area contributed by atoms with Crippen molar-refractivity contribution in [2.45, 2.75) is 52.9 Å². The summed E-state index contributed by atoms with van der Waals surface area (Å²) in [6, 6.07) is 0. The Morgan fingerprint density at radius 1 is 0.923 bits per heavy atom. The Bertz CT molecular complexity index is 110. The molecule has 0 aliphatic rings. The van der Waals surface area contributed by atoms with Crippen LogP contribution in [-0.2, 0) is 0 Å². The molecule has 1 nitrogen and oxygen atoms in total. The lowest BCUT2D eigenvalue weighted by atomic mass is 10.2. The van der Waals surface area contributed by atoms with Gasteiger partial charge in [0.2, 0.25) is 0 Å². The van der Waals surface area contributed by atoms with Crippen LogP contribution in [0.5, 0.6) is 0 Å². The molecule has 13 heavy (non-hydrogen) atoms. The topological polar surface area (TPSA) is 3.24 Å². The Morgan fingerprint density at radius 3 is 1.85 bits per heavy atom. The third kappa shape index (κ3) is 7.89. The Labute approximate surface area is 83.8 Å². The SMILES string of the molecule is CC/C=C/N(CCCC)CCCC. The molecule has 0 fully saturated rings. The highest BCUT2D eigenvalue weighted by Gasteiger charge is 1.96. The average Bonchev–Trinajstić information content (AvgIpc) is 2.17. The van der Waals surface area contributed by atoms with Crippen LogP contribution >= 0.6 is 0 Å². The first-order chi connectivity index (χ1) is 6.35. The maximum absolute atomic E-state index is 2.45. The van der Waals surface area contributed by atoms with E-state index in [-0.39, 0.29) is 0 Å². The Balaban J connectivity index is 3.66. The van der Waals surface area contributed by atoms with Gasteiger partial charge < -0.3 is 4.90 Å². The third-order valence-corrected chi connectivity index (χ3v) is 2.15. The van der Waals surface area contributed by atoms with Crippen LogP contribution in [0.3, 0.4) is 0 Å². The minimum absolute atomic E-state index is 1.15. The molecule has 0 aliphatic carbocycles. The van der Waals surface area contributed by atoms with Gasteiger partial charge in [-0.3, -0.25) is 0 Å². The van der Waals surface area contributed by atoms with Crippen molar-refractivity contribution >= 4 is 0 Å². The van der Waals surface area contributed by atoms with Gasteiger partial charge >= 0.3 is 0 Å². The van der Waals surface area contributed by atoms with Crippen molar-refractivity contribution in [3.63, 3.8) is 0 Å². The minimum Gasteiger partial charge on any atom is -0.378 e. The lowest BCUT2D eigenvalue weighted by Crippen LogP contribution is -2.19. The summed E-state index contributed by atoms with van der Waals surface area (Å²) in [6.07, 6.45) is 10.9. The molecule has 0 aromatic carbocycles. The van der Waals surface area contributed by atoms with Crippen molar-refractivity contribution < 1.29 is 0 Å². The summed E-state index contributed by atoms with van der Waals surface area (Å²) >= 11 is 0. The van der Waals surface area contributed by atoms with E-state index in [0.717, 1.165) is 6.42 Å². The molecule has 0 rings (SSSR count). The van der Waals surface area contributed by atoms with E-state index in [0.29, 0.717) is 0 Å². The predicted molar refractivity (Wildman–Crippen MR) is 60.8 cm³/mol. The number of allylic oxidation sites excluding steroid dienone is 1. The third-order valence-electron chi connectivity index (χ3n) is 2.15. The van der Waals surface area contributed by atoms with Gasteiger partial charge in [0.05, 0.1) is 0 Å². The van der Waals surface area contributed by atoms with Gasteiger partial charge in [0.1, 0.15) is 0 Å². The van der Waals surface area contributed by atoms with Crippen LogP contribution in [-0.4, -0.2) is 18.0 Å². The van der Waals surface area contributed by atoms with Crippen LogP contribution < -0.4 is 0 Å². The second-order valence-corrected chi connectivity index (χ2v) is 3.54. The fourth-order valence-electron chi connectivity index (χ4n) is 1.24. The van der Waals surface area contributed by atoms with Crippen molar-refractivity contribution in [1.82, 2.24) is 4.90 Å². The molecule has 0 radical (unpaired) electrons. The van der Waals surface area contributed by atoms with Gasteiger partial charge in [-0.2, -0.15) is 0 Å². The van der Waals surface area contributed by atoms with Gasteiger partial charge in [-0.25, -0.2) is 0 Å². The standard InChI is InChI=1S/C12H25N/c1-4-7-10-13(11-8-5-2)12-9-6-3/h7,10H,4-6,8-9,11-12H2,1-3H3/b10-7+. The molecular formula is C12H25N. The van der Waals surface area contributed by atoms with E-state index in [9.17, 15) is 0 Å². The molecule has 0 atom stereocenters. The Kier molecular flexibility index (Phi) is 9.29. The first-order valence-electron chi connectivity index (χ1n) is 5.75. The van der Waals surface area contributed by atoms with E-state index >= 15 is 0 Å². The summed E-state index contributed by atoms with van der Waals surface area (Å²) in [5, 5.41) is 0. The van der Waals surface area contributed by atoms with Crippen LogP contribution in [0.1, 0.15) is 52.9 Å². The maximum Gasteiger partial charge on any atom is 0.0172 e. The molecule has 0 saturated heterocycles. The largest absolute Gasteiger partial charge is 0.378 e. The first kappa shape index (κ1) is 12.5. The molecule has 0 spiro atoms. The van der Waals surface area contributed by atoms with E-state index in [1.807, 2.05) is 0 Å². The number of nitrogens with zero attached hydrogens (tertiary/aromatic N) is 1. The lowest BCUT2D eigenvalue weighted by Gasteiger charge is -2.19. The predicted octanol–water partition coefficient (Wildman–Crippen LogP) is 3.81. The van der Waals surface area contributed by atoms with Gasteiger partial charge in [-0.15, -0.1) is 0 Å². The number of rotatable bonds is 8. The number of hydrogen-bond acceptors (Lipinski definition) is 1. The molecule has 0 saturated carbocycles. The van der Waals surface area contributed by atoms with Gasteiger partial charge in [0.15, 0.2) is 0 Å². The first-order valence-corrected chi connectivity index (χ1v) is 5.75. The average molecular weight is 183 g/mol. The van der Waals surface area contributed by atoms with Crippen LogP contribution in [0.2, 0.25) is 0 Å². The zero-order chi connectivity index (χ0) is 9.94. The summed E-state index contributed by atoms with van der Waals surface area (Å²) in [6.45, 7) is 9.15. The van der Waals surface area contributed by atoms with Crippen molar-refractivity contribution in [2.24, 2.45) is 0 Å². The molecule has 0 aromatic heterocycles. The van der Waals surface area contributed by atoms with Crippen molar-refractivity contribution in [3.05, 3.63) is 12.3 Å². The monoisotopic (exact) mass is 183 g/mol. The summed E-state index contributed by atoms with van der Waals surface area (Å²) in [7, 11) is 0. The Hall–Kier alpha value is -0.460. The number of hydrogen-bond donors (Lipinski definition) is 0. The molecule has 0 N–H and O–H groups in total. The molecule has 0 bridgehead atoms. The molecule has 0 aliphatic heterocycles. The van der Waals surface area contributed by atoms with Crippen LogP contribution in [0, 0.1) is 0 Å². The lowest BCUT2D eigenvalue weighted by molar-refractivity contribution is 0.359. The normalized spacial score (nSPS) is 11.0. The number of unbranched alkanes of at least 4 members (excludes halogenated alkanes) is 2. The highest BCUT2D eigenvalue weighted by atomic mass is 15.1. The van der Waals surface area contributed by atoms with E-state index in [1.165, 1.54) is 38.8 Å². The summed E-state index contributed by atoms with van der Waals surface area (Å²) in [5.74, 6) is 0. The summed E-state index contributed by atoms with van der Waals surface area (Å²) in [4.78, 5) is 2.45. The zero-order valence-corrected chi connectivity index (χ0v) is 9.55. The molecule has 1 heteroatoms. The minimum atomic E-state index is 1.15. The fraction of sp³-hybridized carbons (Fsp3) is 0.833. The van der Waals surface area contributed by atoms with E-state index in [2.05, 4.69) is 37.9 Å². The fourth-order valence-corrected chi connectivity index (χ4v) is 1.24. The van der Waals surface area contributed by atoms with E-state index in [4.69, 9.17) is 0 Å². The quantitative estimate of drug-likeness (QED) is 0.553. The zero-order valence-electron chi connectivity index (χ0n) is 9.55. The van der Waals surface area contributed by atoms with Gasteiger partial charge in [0.25, 0.3) is 0 Å². The molecular weight excluding hydrogens is 158 g/mol. The maximum atomic E-state index is 2.45. The van der Waals surface area contributed by atoms with Crippen LogP contribution in [0.25, 0.3) is 0 Å². The van der Waals surface area contributed by atoms with Crippen LogP contribution in [0.15, 0.2) is 12.3 Å². The Morgan fingerprint density at radius 2 is 1.46 bits per heavy atom. The highest BCUT2D eigenvalue weighted by Crippen LogP contribution is 2.00. The molecule has 0 heterocycles. The van der Waals surface area contributed by atoms with Crippen molar-refractivity contribution in [3.8, 4) is 0 Å². The van der Waals surface area contributed by atoms with Gasteiger partial charge in [0, 0.05) is 13.1 Å². The van der Waals surface area contributed by atoms with Crippen LogP contribution in [0.4, 0.5) is 0 Å².